The van der Waals surface area contributed by atoms with Crippen molar-refractivity contribution >= 4 is 0 Å². The second-order valence-corrected chi connectivity index (χ2v) is 0.671. The minimum Gasteiger partial charge on any atom is -0.428 e. The van der Waals surface area contributed by atoms with Gasteiger partial charge in [-0.3, -0.25) is 0 Å². The summed E-state index contributed by atoms with van der Waals surface area (Å²) in [7, 11) is 0. The Morgan fingerprint density at radius 2 is 0.727 bits per heavy atom. The Morgan fingerprint density at radius 1 is 0.727 bits per heavy atom. The summed E-state index contributed by atoms with van der Waals surface area (Å²) in [6.07, 6.45) is 0. The van der Waals surface area contributed by atoms with Crippen LogP contribution < -0.4 is 6.15 Å². The monoisotopic (exact) mass is 242 g/mol. The standard InChI is InChI=1S/3C2H5O.H3N.Zr/c3*1-2-3;;/h3*3H,1-2H2;1H3;/q3*-1;;+3. The average Bonchev–Trinajstić information content (AvgIpc) is 1.70. The quantitative estimate of drug-likeness (QED) is 0.435. The molecule has 5 heteroatoms. The van der Waals surface area contributed by atoms with Gasteiger partial charge >= 0.3 is 26.2 Å². The van der Waals surface area contributed by atoms with Crippen LogP contribution in [0.15, 0.2) is 0 Å². The summed E-state index contributed by atoms with van der Waals surface area (Å²) in [5.41, 5.74) is 0. The van der Waals surface area contributed by atoms with Crippen LogP contribution in [0.5, 0.6) is 0 Å². The molecule has 0 amide bonds. The first-order valence-corrected chi connectivity index (χ1v) is 2.45. The Balaban J connectivity index is -0.0000000150. The molecule has 6 N–H and O–H groups in total. The maximum Gasteiger partial charge on any atom is 3.00 e. The average molecular weight is 243 g/mol. The Labute approximate surface area is 88.3 Å². The van der Waals surface area contributed by atoms with Gasteiger partial charge in [0.05, 0.1) is 0 Å². The molecule has 0 bridgehead atoms. The molecule has 69 valence electrons. The van der Waals surface area contributed by atoms with Gasteiger partial charge in [0.1, 0.15) is 0 Å². The van der Waals surface area contributed by atoms with E-state index in [2.05, 4.69) is 20.8 Å². The van der Waals surface area contributed by atoms with E-state index in [4.69, 9.17) is 15.3 Å². The van der Waals surface area contributed by atoms with E-state index in [0.29, 0.717) is 0 Å². The van der Waals surface area contributed by atoms with Crippen LogP contribution in [-0.4, -0.2) is 35.1 Å². The van der Waals surface area contributed by atoms with Crippen LogP contribution in [0.4, 0.5) is 0 Å². The summed E-state index contributed by atoms with van der Waals surface area (Å²) in [6, 6.07) is 0. The molecular weight excluding hydrogens is 225 g/mol. The van der Waals surface area contributed by atoms with E-state index in [1.807, 2.05) is 0 Å². The Morgan fingerprint density at radius 3 is 0.727 bits per heavy atom. The first-order chi connectivity index (χ1) is 4.24. The van der Waals surface area contributed by atoms with Crippen molar-refractivity contribution < 1.29 is 41.5 Å². The molecule has 0 fully saturated rings. The summed E-state index contributed by atoms with van der Waals surface area (Å²) >= 11 is 0. The molecule has 0 unspecified atom stereocenters. The van der Waals surface area contributed by atoms with Crippen molar-refractivity contribution in [3.63, 3.8) is 0 Å². The fourth-order valence-corrected chi connectivity index (χ4v) is 0. The third kappa shape index (κ3) is 1560. The van der Waals surface area contributed by atoms with Crippen LogP contribution >= 0.6 is 0 Å². The van der Waals surface area contributed by atoms with Gasteiger partial charge in [-0.15, -0.1) is 0 Å². The number of hydrogen-bond donors (Lipinski definition) is 4. The molecule has 0 aliphatic heterocycles. The Kier molecular flexibility index (Phi) is 198. The summed E-state index contributed by atoms with van der Waals surface area (Å²) in [4.78, 5) is 0. The first kappa shape index (κ1) is 29.8. The molecule has 1 radical (unpaired) electrons. The number of rotatable bonds is 0. The van der Waals surface area contributed by atoms with Gasteiger partial charge in [0.25, 0.3) is 0 Å². The van der Waals surface area contributed by atoms with Crippen LogP contribution in [0, 0.1) is 20.8 Å². The van der Waals surface area contributed by atoms with E-state index in [0.717, 1.165) is 0 Å². The zero-order valence-electron chi connectivity index (χ0n) is 6.79. The number of hydrogen-bond acceptors (Lipinski definition) is 4. The molecule has 0 aliphatic rings. The Hall–Kier alpha value is 0.723. The van der Waals surface area contributed by atoms with E-state index < -0.39 is 0 Å². The molecule has 0 aromatic heterocycles. The zero-order chi connectivity index (χ0) is 8.12. The molecule has 0 saturated carbocycles. The second kappa shape index (κ2) is 73.1. The molecule has 0 aliphatic carbocycles. The van der Waals surface area contributed by atoms with Crippen molar-refractivity contribution in [1.29, 1.82) is 0 Å². The molecule has 0 aromatic carbocycles. The number of aliphatic hydroxyl groups is 3. The van der Waals surface area contributed by atoms with Crippen LogP contribution in [-0.2, 0) is 26.2 Å². The second-order valence-electron chi connectivity index (χ2n) is 0.671. The minimum absolute atomic E-state index is 0. The van der Waals surface area contributed by atoms with Crippen molar-refractivity contribution in [2.24, 2.45) is 0 Å². The molecule has 0 saturated heterocycles. The zero-order valence-corrected chi connectivity index (χ0v) is 9.25. The van der Waals surface area contributed by atoms with Gasteiger partial charge in [-0.25, -0.2) is 0 Å². The van der Waals surface area contributed by atoms with Crippen molar-refractivity contribution in [2.75, 3.05) is 19.8 Å². The van der Waals surface area contributed by atoms with Crippen molar-refractivity contribution in [3.8, 4) is 0 Å². The maximum atomic E-state index is 7.46. The molecule has 0 spiro atoms. The van der Waals surface area contributed by atoms with Crippen molar-refractivity contribution in [3.05, 3.63) is 20.8 Å². The maximum absolute atomic E-state index is 7.46. The largest absolute Gasteiger partial charge is 3.00 e. The van der Waals surface area contributed by atoms with E-state index in [9.17, 15) is 0 Å². The van der Waals surface area contributed by atoms with Crippen LogP contribution in [0.25, 0.3) is 0 Å². The Bertz CT molecular complexity index is 22.5. The van der Waals surface area contributed by atoms with Gasteiger partial charge in [-0.1, -0.05) is 19.8 Å². The van der Waals surface area contributed by atoms with Crippen LogP contribution in [0.2, 0.25) is 0 Å². The fourth-order valence-electron chi connectivity index (χ4n) is 0. The van der Waals surface area contributed by atoms with Crippen molar-refractivity contribution in [1.82, 2.24) is 6.15 Å². The van der Waals surface area contributed by atoms with Gasteiger partial charge in [0.15, 0.2) is 0 Å². The predicted molar refractivity (Wildman–Crippen MR) is 42.4 cm³/mol. The van der Waals surface area contributed by atoms with Crippen LogP contribution in [0.1, 0.15) is 0 Å². The molecule has 0 aromatic rings. The van der Waals surface area contributed by atoms with Gasteiger partial charge in [0, 0.05) is 0 Å². The normalized spacial score (nSPS) is 4.91. The summed E-state index contributed by atoms with van der Waals surface area (Å²) in [5, 5.41) is 22.4. The first-order valence-electron chi connectivity index (χ1n) is 2.45. The van der Waals surface area contributed by atoms with Gasteiger partial charge in [-0.2, -0.15) is 0 Å². The van der Waals surface area contributed by atoms with Crippen LogP contribution in [0.3, 0.4) is 0 Å². The topological polar surface area (TPSA) is 95.7 Å². The van der Waals surface area contributed by atoms with Gasteiger partial charge in [-0.05, 0) is 0 Å². The molecule has 0 atom stereocenters. The third-order valence-electron chi connectivity index (χ3n) is 0. The summed E-state index contributed by atoms with van der Waals surface area (Å²) < 4.78 is 0. The fraction of sp³-hybridized carbons (Fsp3) is 0.500. The molecule has 0 rings (SSSR count). The molecular formula is C6H18NO3Zr. The van der Waals surface area contributed by atoms with E-state index in [1.165, 1.54) is 0 Å². The molecule has 11 heavy (non-hydrogen) atoms. The predicted octanol–water partition coefficient (Wildman–Crippen LogP) is -0.402. The molecule has 4 nitrogen and oxygen atoms in total. The smallest absolute Gasteiger partial charge is 0.428 e. The molecule has 0 heterocycles. The third-order valence-corrected chi connectivity index (χ3v) is 0. The van der Waals surface area contributed by atoms with E-state index in [-0.39, 0.29) is 52.2 Å². The summed E-state index contributed by atoms with van der Waals surface area (Å²) in [6.45, 7) is 9.12. The summed E-state index contributed by atoms with van der Waals surface area (Å²) in [5.74, 6) is 0. The minimum atomic E-state index is 0. The van der Waals surface area contributed by atoms with E-state index >= 15 is 0 Å². The van der Waals surface area contributed by atoms with Crippen molar-refractivity contribution in [2.45, 2.75) is 0 Å². The van der Waals surface area contributed by atoms with E-state index in [1.54, 1.807) is 0 Å². The SMILES string of the molecule is N.[CH2-]CO.[CH2-]CO.[CH2-]CO.[Zr+3]. The van der Waals surface area contributed by atoms with Gasteiger partial charge in [0.2, 0.25) is 0 Å². The van der Waals surface area contributed by atoms with Gasteiger partial charge < -0.3 is 42.2 Å². The number of aliphatic hydroxyl groups excluding tert-OH is 3.